The summed E-state index contributed by atoms with van der Waals surface area (Å²) in [5.41, 5.74) is 0. The molecule has 1 unspecified atom stereocenters. The molecule has 0 saturated heterocycles. The summed E-state index contributed by atoms with van der Waals surface area (Å²) in [5, 5.41) is 11.0. The number of nitrogens with zero attached hydrogens (tertiary/aromatic N) is 2. The van der Waals surface area contributed by atoms with Gasteiger partial charge in [0.1, 0.15) is 0 Å². The van der Waals surface area contributed by atoms with Crippen LogP contribution in [0.15, 0.2) is 40.0 Å². The molecule has 0 fully saturated rings. The number of guanidine groups is 1. The molecule has 2 aromatic rings. The van der Waals surface area contributed by atoms with Crippen LogP contribution in [-0.4, -0.2) is 44.6 Å². The molecule has 0 bridgehead atoms. The van der Waals surface area contributed by atoms with Gasteiger partial charge in [-0.25, -0.2) is 0 Å². The van der Waals surface area contributed by atoms with Gasteiger partial charge in [-0.2, -0.15) is 0 Å². The minimum atomic E-state index is 0. The first-order chi connectivity index (χ1) is 11.2. The van der Waals surface area contributed by atoms with E-state index in [9.17, 15) is 0 Å². The molecule has 2 N–H and O–H groups in total. The second-order valence-electron chi connectivity index (χ2n) is 5.47. The summed E-state index contributed by atoms with van der Waals surface area (Å²) in [4.78, 5) is 9.76. The van der Waals surface area contributed by atoms with Gasteiger partial charge >= 0.3 is 0 Å². The van der Waals surface area contributed by atoms with Crippen LogP contribution in [0.5, 0.6) is 0 Å². The van der Waals surface area contributed by atoms with Crippen molar-refractivity contribution >= 4 is 52.6 Å². The highest BCUT2D eigenvalue weighted by molar-refractivity contribution is 14.0. The van der Waals surface area contributed by atoms with Crippen molar-refractivity contribution < 1.29 is 0 Å². The second-order valence-corrected chi connectivity index (χ2v) is 7.48. The number of nitrogens with one attached hydrogen (secondary N) is 2. The molecule has 0 amide bonds. The standard InChI is InChI=1S/C17H26N4S2.HI/c1-4-18-17(19-10-9-14-7-5-11-22-14)20-13-15(21(2)3)16-8-6-12-23-16;/h5-8,11-12,15H,4,9-10,13H2,1-3H3,(H2,18,19,20);1H. The van der Waals surface area contributed by atoms with E-state index in [1.807, 2.05) is 0 Å². The Balaban J connectivity index is 0.00000288. The minimum Gasteiger partial charge on any atom is -0.357 e. The zero-order chi connectivity index (χ0) is 16.5. The van der Waals surface area contributed by atoms with Crippen LogP contribution in [0.4, 0.5) is 0 Å². The van der Waals surface area contributed by atoms with Gasteiger partial charge < -0.3 is 15.5 Å². The van der Waals surface area contributed by atoms with Gasteiger partial charge in [0.15, 0.2) is 5.96 Å². The van der Waals surface area contributed by atoms with E-state index in [2.05, 4.69) is 71.6 Å². The summed E-state index contributed by atoms with van der Waals surface area (Å²) in [6.07, 6.45) is 1.03. The first kappa shape index (κ1) is 21.4. The van der Waals surface area contributed by atoms with E-state index < -0.39 is 0 Å². The summed E-state index contributed by atoms with van der Waals surface area (Å²) in [5.74, 6) is 0.896. The van der Waals surface area contributed by atoms with Gasteiger partial charge in [0.25, 0.3) is 0 Å². The van der Waals surface area contributed by atoms with Crippen molar-refractivity contribution in [3.8, 4) is 0 Å². The van der Waals surface area contributed by atoms with Crippen molar-refractivity contribution in [2.24, 2.45) is 4.99 Å². The van der Waals surface area contributed by atoms with Crippen LogP contribution >= 0.6 is 46.7 Å². The van der Waals surface area contributed by atoms with Gasteiger partial charge in [-0.1, -0.05) is 12.1 Å². The normalized spacial score (nSPS) is 12.8. The van der Waals surface area contributed by atoms with E-state index in [0.717, 1.165) is 32.0 Å². The molecule has 2 rings (SSSR count). The average molecular weight is 478 g/mol. The Morgan fingerprint density at radius 3 is 2.50 bits per heavy atom. The third-order valence-corrected chi connectivity index (χ3v) is 5.42. The molecule has 4 nitrogen and oxygen atoms in total. The number of hydrogen-bond donors (Lipinski definition) is 2. The molecule has 2 heterocycles. The van der Waals surface area contributed by atoms with Gasteiger partial charge in [-0.3, -0.25) is 4.99 Å². The highest BCUT2D eigenvalue weighted by atomic mass is 127. The average Bonchev–Trinajstić information content (AvgIpc) is 3.20. The van der Waals surface area contributed by atoms with Crippen LogP contribution in [0.25, 0.3) is 0 Å². The third kappa shape index (κ3) is 7.08. The predicted octanol–water partition coefficient (Wildman–Crippen LogP) is 3.83. The number of hydrogen-bond acceptors (Lipinski definition) is 4. The van der Waals surface area contributed by atoms with Crippen molar-refractivity contribution in [1.82, 2.24) is 15.5 Å². The Morgan fingerprint density at radius 1 is 1.17 bits per heavy atom. The topological polar surface area (TPSA) is 39.7 Å². The molecular formula is C17H27IN4S2. The molecule has 0 aliphatic carbocycles. The van der Waals surface area contributed by atoms with E-state index in [0.29, 0.717) is 6.04 Å². The van der Waals surface area contributed by atoms with E-state index >= 15 is 0 Å². The lowest BCUT2D eigenvalue weighted by Crippen LogP contribution is -2.39. The van der Waals surface area contributed by atoms with Gasteiger partial charge in [0, 0.05) is 22.8 Å². The summed E-state index contributed by atoms with van der Waals surface area (Å²) >= 11 is 3.59. The number of likely N-dealkylation sites (N-methyl/N-ethyl adjacent to an activating group) is 1. The van der Waals surface area contributed by atoms with Gasteiger partial charge in [0.05, 0.1) is 12.6 Å². The summed E-state index contributed by atoms with van der Waals surface area (Å²) in [6, 6.07) is 8.88. The van der Waals surface area contributed by atoms with Crippen LogP contribution in [-0.2, 0) is 6.42 Å². The largest absolute Gasteiger partial charge is 0.357 e. The van der Waals surface area contributed by atoms with Crippen LogP contribution in [0.3, 0.4) is 0 Å². The van der Waals surface area contributed by atoms with Crippen LogP contribution in [0.2, 0.25) is 0 Å². The minimum absolute atomic E-state index is 0. The molecule has 0 aromatic carbocycles. The molecule has 134 valence electrons. The second kappa shape index (κ2) is 11.8. The molecule has 0 aliphatic rings. The fourth-order valence-corrected chi connectivity index (χ4v) is 3.89. The molecule has 0 aliphatic heterocycles. The summed E-state index contributed by atoms with van der Waals surface area (Å²) in [6.45, 7) is 4.62. The first-order valence-corrected chi connectivity index (χ1v) is 9.71. The first-order valence-electron chi connectivity index (χ1n) is 7.95. The van der Waals surface area contributed by atoms with Crippen molar-refractivity contribution in [3.05, 3.63) is 44.8 Å². The lowest BCUT2D eigenvalue weighted by Gasteiger charge is -2.22. The summed E-state index contributed by atoms with van der Waals surface area (Å²) < 4.78 is 0. The fourth-order valence-electron chi connectivity index (χ4n) is 2.27. The number of thiophene rings is 2. The monoisotopic (exact) mass is 478 g/mol. The predicted molar refractivity (Wildman–Crippen MR) is 118 cm³/mol. The van der Waals surface area contributed by atoms with Crippen LogP contribution in [0.1, 0.15) is 22.7 Å². The highest BCUT2D eigenvalue weighted by Gasteiger charge is 2.14. The quantitative estimate of drug-likeness (QED) is 0.344. The Kier molecular flexibility index (Phi) is 10.6. The van der Waals surface area contributed by atoms with E-state index in [1.54, 1.807) is 22.7 Å². The maximum absolute atomic E-state index is 4.77. The maximum atomic E-state index is 4.77. The van der Waals surface area contributed by atoms with Gasteiger partial charge in [-0.05, 0) is 50.3 Å². The zero-order valence-electron chi connectivity index (χ0n) is 14.5. The molecule has 2 aromatic heterocycles. The van der Waals surface area contributed by atoms with Crippen molar-refractivity contribution in [2.75, 3.05) is 33.7 Å². The molecule has 24 heavy (non-hydrogen) atoms. The Bertz CT molecular complexity index is 567. The van der Waals surface area contributed by atoms with Crippen molar-refractivity contribution in [1.29, 1.82) is 0 Å². The van der Waals surface area contributed by atoms with Gasteiger partial charge in [-0.15, -0.1) is 46.7 Å². The Hall–Kier alpha value is -0.640. The lowest BCUT2D eigenvalue weighted by atomic mass is 10.2. The van der Waals surface area contributed by atoms with E-state index in [-0.39, 0.29) is 24.0 Å². The van der Waals surface area contributed by atoms with Crippen LogP contribution in [0, 0.1) is 0 Å². The summed E-state index contributed by atoms with van der Waals surface area (Å²) in [7, 11) is 4.22. The molecule has 0 spiro atoms. The Morgan fingerprint density at radius 2 is 1.92 bits per heavy atom. The lowest BCUT2D eigenvalue weighted by molar-refractivity contribution is 0.310. The molecule has 0 saturated carbocycles. The maximum Gasteiger partial charge on any atom is 0.191 e. The van der Waals surface area contributed by atoms with Crippen molar-refractivity contribution in [3.63, 3.8) is 0 Å². The van der Waals surface area contributed by atoms with Crippen LogP contribution < -0.4 is 10.6 Å². The fraction of sp³-hybridized carbons (Fsp3) is 0.471. The Labute approximate surface area is 170 Å². The zero-order valence-corrected chi connectivity index (χ0v) is 18.5. The SMILES string of the molecule is CCNC(=NCC(c1cccs1)N(C)C)NCCc1cccs1.I. The smallest absolute Gasteiger partial charge is 0.191 e. The van der Waals surface area contributed by atoms with Crippen molar-refractivity contribution in [2.45, 2.75) is 19.4 Å². The highest BCUT2D eigenvalue weighted by Crippen LogP contribution is 2.23. The number of halogens is 1. The van der Waals surface area contributed by atoms with E-state index in [4.69, 9.17) is 4.99 Å². The molecule has 0 radical (unpaired) electrons. The molecule has 1 atom stereocenters. The molecular weight excluding hydrogens is 451 g/mol. The third-order valence-electron chi connectivity index (χ3n) is 3.51. The number of rotatable bonds is 8. The van der Waals surface area contributed by atoms with E-state index in [1.165, 1.54) is 9.75 Å². The van der Waals surface area contributed by atoms with Gasteiger partial charge in [0.2, 0.25) is 0 Å². The number of aliphatic imine (C=N–C) groups is 1. The molecule has 7 heteroatoms.